The van der Waals surface area contributed by atoms with Crippen molar-refractivity contribution < 1.29 is 14.6 Å². The Bertz CT molecular complexity index is 927. The second-order valence-corrected chi connectivity index (χ2v) is 4.76. The number of aromatic hydroxyl groups is 1. The van der Waals surface area contributed by atoms with E-state index in [2.05, 4.69) is 0 Å². The maximum absolute atomic E-state index is 12.6. The molecule has 0 amide bonds. The number of aryl methyl sites for hydroxylation is 1. The third-order valence-electron chi connectivity index (χ3n) is 3.72. The molecule has 20 heavy (non-hydrogen) atoms. The summed E-state index contributed by atoms with van der Waals surface area (Å²) in [6, 6.07) is 9.03. The number of phenolic OH excluding ortho intramolecular Hbond substituents is 1. The van der Waals surface area contributed by atoms with Crippen molar-refractivity contribution in [1.29, 1.82) is 0 Å². The second kappa shape index (κ2) is 3.66. The molecule has 2 heterocycles. The first-order valence-electron chi connectivity index (χ1n) is 6.21. The molecule has 5 heteroatoms. The van der Waals surface area contributed by atoms with Crippen LogP contribution in [-0.4, -0.2) is 16.5 Å². The SMILES string of the molecule is Cn1c2ccccc2c(=O)c2c(O)c3c(cc21)OCO3. The molecule has 1 aliphatic rings. The molecule has 100 valence electrons. The lowest BCUT2D eigenvalue weighted by atomic mass is 10.1. The molecular weight excluding hydrogens is 258 g/mol. The minimum Gasteiger partial charge on any atom is -0.504 e. The summed E-state index contributed by atoms with van der Waals surface area (Å²) in [5, 5.41) is 11.1. The number of hydrogen-bond acceptors (Lipinski definition) is 4. The average Bonchev–Trinajstić information content (AvgIpc) is 2.93. The topological polar surface area (TPSA) is 60.7 Å². The van der Waals surface area contributed by atoms with Crippen LogP contribution < -0.4 is 14.9 Å². The molecule has 0 fully saturated rings. The van der Waals surface area contributed by atoms with Crippen LogP contribution in [0.1, 0.15) is 0 Å². The predicted molar refractivity (Wildman–Crippen MR) is 74.5 cm³/mol. The molecule has 1 aromatic heterocycles. The van der Waals surface area contributed by atoms with Crippen molar-refractivity contribution in [3.05, 3.63) is 40.6 Å². The van der Waals surface area contributed by atoms with Crippen LogP contribution in [0.15, 0.2) is 35.1 Å². The van der Waals surface area contributed by atoms with Gasteiger partial charge >= 0.3 is 0 Å². The van der Waals surface area contributed by atoms with E-state index in [1.54, 1.807) is 18.2 Å². The van der Waals surface area contributed by atoms with Gasteiger partial charge in [-0.2, -0.15) is 0 Å². The summed E-state index contributed by atoms with van der Waals surface area (Å²) in [4.78, 5) is 12.6. The summed E-state index contributed by atoms with van der Waals surface area (Å²) in [5.74, 6) is 0.548. The van der Waals surface area contributed by atoms with E-state index >= 15 is 0 Å². The lowest BCUT2D eigenvalue weighted by Crippen LogP contribution is -2.09. The Labute approximate surface area is 113 Å². The lowest BCUT2D eigenvalue weighted by Gasteiger charge is -2.12. The van der Waals surface area contributed by atoms with Gasteiger partial charge in [0, 0.05) is 18.5 Å². The Hall–Kier alpha value is -2.69. The van der Waals surface area contributed by atoms with E-state index in [4.69, 9.17) is 9.47 Å². The molecule has 5 nitrogen and oxygen atoms in total. The van der Waals surface area contributed by atoms with Gasteiger partial charge in [0.05, 0.1) is 16.4 Å². The number of rotatable bonds is 0. The van der Waals surface area contributed by atoms with Crippen molar-refractivity contribution in [2.24, 2.45) is 7.05 Å². The fraction of sp³-hybridized carbons (Fsp3) is 0.133. The molecule has 1 N–H and O–H groups in total. The lowest BCUT2D eigenvalue weighted by molar-refractivity contribution is 0.171. The molecule has 0 bridgehead atoms. The Morgan fingerprint density at radius 3 is 2.85 bits per heavy atom. The molecule has 0 radical (unpaired) electrons. The van der Waals surface area contributed by atoms with E-state index in [1.165, 1.54) is 0 Å². The molecule has 0 atom stereocenters. The number of nitrogens with zero attached hydrogens (tertiary/aromatic N) is 1. The first kappa shape index (κ1) is 11.2. The van der Waals surface area contributed by atoms with Gasteiger partial charge in [-0.05, 0) is 12.1 Å². The van der Waals surface area contributed by atoms with Crippen LogP contribution in [0.5, 0.6) is 17.2 Å². The summed E-state index contributed by atoms with van der Waals surface area (Å²) >= 11 is 0. The monoisotopic (exact) mass is 269 g/mol. The summed E-state index contributed by atoms with van der Waals surface area (Å²) in [7, 11) is 1.85. The van der Waals surface area contributed by atoms with Gasteiger partial charge in [-0.15, -0.1) is 0 Å². The van der Waals surface area contributed by atoms with E-state index in [1.807, 2.05) is 23.7 Å². The fourth-order valence-corrected chi connectivity index (χ4v) is 2.72. The van der Waals surface area contributed by atoms with Gasteiger partial charge in [-0.1, -0.05) is 12.1 Å². The normalized spacial score (nSPS) is 13.2. The number of para-hydroxylation sites is 1. The number of pyridine rings is 1. The highest BCUT2D eigenvalue weighted by Gasteiger charge is 2.24. The number of fused-ring (bicyclic) bond motifs is 3. The van der Waals surface area contributed by atoms with Gasteiger partial charge < -0.3 is 19.1 Å². The standard InChI is InChI=1S/C15H11NO4/c1-16-9-5-3-2-4-8(9)13(17)12-10(16)6-11-15(14(12)18)20-7-19-11/h2-6,18H,7H2,1H3. The van der Waals surface area contributed by atoms with Crippen LogP contribution in [0.25, 0.3) is 21.8 Å². The highest BCUT2D eigenvalue weighted by atomic mass is 16.7. The Morgan fingerprint density at radius 1 is 1.20 bits per heavy atom. The van der Waals surface area contributed by atoms with Crippen LogP contribution in [0.4, 0.5) is 0 Å². The predicted octanol–water partition coefficient (Wildman–Crippen LogP) is 2.13. The zero-order valence-electron chi connectivity index (χ0n) is 10.7. The van der Waals surface area contributed by atoms with Crippen molar-refractivity contribution >= 4 is 21.8 Å². The van der Waals surface area contributed by atoms with Crippen molar-refractivity contribution in [3.8, 4) is 17.2 Å². The average molecular weight is 269 g/mol. The number of aromatic nitrogens is 1. The van der Waals surface area contributed by atoms with Gasteiger partial charge in [0.25, 0.3) is 0 Å². The molecule has 0 saturated heterocycles. The van der Waals surface area contributed by atoms with Crippen LogP contribution in [0.3, 0.4) is 0 Å². The Balaban J connectivity index is 2.33. The van der Waals surface area contributed by atoms with E-state index in [9.17, 15) is 9.90 Å². The van der Waals surface area contributed by atoms with Crippen LogP contribution in [-0.2, 0) is 7.05 Å². The van der Waals surface area contributed by atoms with Gasteiger partial charge in [-0.25, -0.2) is 0 Å². The maximum Gasteiger partial charge on any atom is 0.231 e. The Kier molecular flexibility index (Phi) is 2.04. The molecule has 0 spiro atoms. The van der Waals surface area contributed by atoms with Crippen LogP contribution in [0, 0.1) is 0 Å². The second-order valence-electron chi connectivity index (χ2n) is 4.76. The first-order valence-corrected chi connectivity index (χ1v) is 6.21. The minimum absolute atomic E-state index is 0.0522. The third-order valence-corrected chi connectivity index (χ3v) is 3.72. The van der Waals surface area contributed by atoms with E-state index in [0.717, 1.165) is 5.52 Å². The highest BCUT2D eigenvalue weighted by molar-refractivity contribution is 5.98. The van der Waals surface area contributed by atoms with Gasteiger partial charge in [0.1, 0.15) is 0 Å². The molecule has 1 aliphatic heterocycles. The quantitative estimate of drug-likeness (QED) is 0.635. The van der Waals surface area contributed by atoms with Crippen LogP contribution >= 0.6 is 0 Å². The molecule has 0 aliphatic carbocycles. The third kappa shape index (κ3) is 1.24. The Morgan fingerprint density at radius 2 is 2.00 bits per heavy atom. The first-order chi connectivity index (χ1) is 9.68. The zero-order valence-corrected chi connectivity index (χ0v) is 10.7. The smallest absolute Gasteiger partial charge is 0.231 e. The minimum atomic E-state index is -0.204. The largest absolute Gasteiger partial charge is 0.504 e. The maximum atomic E-state index is 12.6. The summed E-state index contributed by atoms with van der Waals surface area (Å²) < 4.78 is 12.4. The van der Waals surface area contributed by atoms with Gasteiger partial charge in [0.2, 0.25) is 18.0 Å². The number of hydrogen-bond donors (Lipinski definition) is 1. The number of benzene rings is 2. The van der Waals surface area contributed by atoms with Crippen molar-refractivity contribution in [3.63, 3.8) is 0 Å². The van der Waals surface area contributed by atoms with Gasteiger partial charge in [-0.3, -0.25) is 4.79 Å². The molecule has 0 unspecified atom stereocenters. The molecule has 2 aromatic carbocycles. The van der Waals surface area contributed by atoms with Gasteiger partial charge in [0.15, 0.2) is 11.5 Å². The van der Waals surface area contributed by atoms with Crippen LogP contribution in [0.2, 0.25) is 0 Å². The fourth-order valence-electron chi connectivity index (χ4n) is 2.72. The van der Waals surface area contributed by atoms with Crippen molar-refractivity contribution in [1.82, 2.24) is 4.57 Å². The summed E-state index contributed by atoms with van der Waals surface area (Å²) in [6.45, 7) is 0.0522. The van der Waals surface area contributed by atoms with E-state index in [-0.39, 0.29) is 29.1 Å². The summed E-state index contributed by atoms with van der Waals surface area (Å²) in [5.41, 5.74) is 1.23. The number of phenols is 1. The zero-order chi connectivity index (χ0) is 13.9. The summed E-state index contributed by atoms with van der Waals surface area (Å²) in [6.07, 6.45) is 0. The molecule has 0 saturated carbocycles. The molecule has 3 aromatic rings. The van der Waals surface area contributed by atoms with Crippen molar-refractivity contribution in [2.45, 2.75) is 0 Å². The molecule has 4 rings (SSSR count). The highest BCUT2D eigenvalue weighted by Crippen LogP contribution is 2.44. The number of ether oxygens (including phenoxy) is 2. The van der Waals surface area contributed by atoms with E-state index in [0.29, 0.717) is 16.7 Å². The van der Waals surface area contributed by atoms with E-state index < -0.39 is 0 Å². The molecular formula is C15H11NO4. The van der Waals surface area contributed by atoms with Crippen molar-refractivity contribution in [2.75, 3.05) is 6.79 Å².